The number of carbonyl (C=O) groups is 2. The Balaban J connectivity index is 1.42. The summed E-state index contributed by atoms with van der Waals surface area (Å²) >= 11 is 0. The van der Waals surface area contributed by atoms with E-state index in [4.69, 9.17) is 13.9 Å². The average Bonchev–Trinajstić information content (AvgIpc) is 3.25. The molecule has 0 radical (unpaired) electrons. The van der Waals surface area contributed by atoms with Crippen molar-refractivity contribution in [2.24, 2.45) is 0 Å². The zero-order chi connectivity index (χ0) is 26.2. The highest BCUT2D eigenvalue weighted by Crippen LogP contribution is 2.29. The van der Waals surface area contributed by atoms with Crippen molar-refractivity contribution in [3.63, 3.8) is 0 Å². The van der Waals surface area contributed by atoms with E-state index in [1.165, 1.54) is 0 Å². The van der Waals surface area contributed by atoms with Gasteiger partial charge in [0.05, 0.1) is 0 Å². The molecule has 0 saturated heterocycles. The first-order valence-corrected chi connectivity index (χ1v) is 12.5. The average molecular weight is 503 g/mol. The number of aryl methyl sites for hydroxylation is 1. The molecular weight excluding hydrogens is 472 g/mol. The van der Waals surface area contributed by atoms with Crippen molar-refractivity contribution in [2.45, 2.75) is 64.5 Å². The Morgan fingerprint density at radius 2 is 1.81 bits per heavy atom. The lowest BCUT2D eigenvalue weighted by molar-refractivity contribution is -0.136. The van der Waals surface area contributed by atoms with Gasteiger partial charge in [0, 0.05) is 40.5 Å². The van der Waals surface area contributed by atoms with Gasteiger partial charge < -0.3 is 24.2 Å². The molecule has 0 saturated carbocycles. The number of para-hydroxylation sites is 1. The lowest BCUT2D eigenvalue weighted by Crippen LogP contribution is -2.46. The monoisotopic (exact) mass is 502 g/mol. The molecule has 4 aromatic rings. The fourth-order valence-corrected chi connectivity index (χ4v) is 4.84. The van der Waals surface area contributed by atoms with Crippen LogP contribution in [0.2, 0.25) is 0 Å². The Hall–Kier alpha value is -4.07. The van der Waals surface area contributed by atoms with E-state index in [1.54, 1.807) is 32.9 Å². The highest BCUT2D eigenvalue weighted by molar-refractivity contribution is 5.88. The van der Waals surface area contributed by atoms with E-state index < -0.39 is 23.7 Å². The molecule has 1 aliphatic carbocycles. The van der Waals surface area contributed by atoms with Crippen molar-refractivity contribution in [1.29, 1.82) is 0 Å². The molecule has 2 heterocycles. The second kappa shape index (κ2) is 9.76. The number of esters is 1. The van der Waals surface area contributed by atoms with Gasteiger partial charge >= 0.3 is 17.7 Å². The second-order valence-corrected chi connectivity index (χ2v) is 10.4. The first-order valence-electron chi connectivity index (χ1n) is 12.5. The van der Waals surface area contributed by atoms with Crippen molar-refractivity contribution in [2.75, 3.05) is 0 Å². The molecule has 1 amide bonds. The first kappa shape index (κ1) is 24.6. The van der Waals surface area contributed by atoms with Crippen LogP contribution in [0.4, 0.5) is 4.79 Å². The molecule has 2 aromatic carbocycles. The number of hydrogen-bond acceptors (Lipinski definition) is 6. The van der Waals surface area contributed by atoms with Crippen molar-refractivity contribution >= 4 is 33.9 Å². The zero-order valence-corrected chi connectivity index (χ0v) is 21.2. The third-order valence-electron chi connectivity index (χ3n) is 6.49. The summed E-state index contributed by atoms with van der Waals surface area (Å²) in [7, 11) is 0. The predicted octanol–water partition coefficient (Wildman–Crippen LogP) is 5.19. The Labute approximate surface area is 214 Å². The van der Waals surface area contributed by atoms with E-state index in [1.807, 2.05) is 36.5 Å². The Morgan fingerprint density at radius 3 is 2.59 bits per heavy atom. The van der Waals surface area contributed by atoms with Gasteiger partial charge in [-0.1, -0.05) is 18.2 Å². The minimum absolute atomic E-state index is 0.193. The summed E-state index contributed by atoms with van der Waals surface area (Å²) in [6.07, 6.45) is 4.83. The van der Waals surface area contributed by atoms with Crippen LogP contribution in [-0.4, -0.2) is 28.7 Å². The summed E-state index contributed by atoms with van der Waals surface area (Å²) in [5, 5.41) is 4.47. The van der Waals surface area contributed by atoms with E-state index in [-0.39, 0.29) is 17.8 Å². The van der Waals surface area contributed by atoms with Gasteiger partial charge in [-0.05, 0) is 75.8 Å². The maximum Gasteiger partial charge on any atom is 0.408 e. The number of fused-ring (bicyclic) bond motifs is 4. The SMILES string of the molecule is CC(C)(C)OC(=O)N[C@H](Cc1c[nH]c2ccccc12)C(=O)Oc1ccc2c3c(c(=O)oc2c1)CCCC3. The van der Waals surface area contributed by atoms with Crippen LogP contribution in [0.5, 0.6) is 5.75 Å². The molecule has 192 valence electrons. The summed E-state index contributed by atoms with van der Waals surface area (Å²) in [6, 6.07) is 11.8. The minimum atomic E-state index is -1.01. The van der Waals surface area contributed by atoms with Gasteiger partial charge in [-0.3, -0.25) is 0 Å². The number of aromatic nitrogens is 1. The highest BCUT2D eigenvalue weighted by atomic mass is 16.6. The number of rotatable bonds is 5. The first-order chi connectivity index (χ1) is 17.7. The van der Waals surface area contributed by atoms with Crippen LogP contribution in [0.3, 0.4) is 0 Å². The maximum absolute atomic E-state index is 13.3. The predicted molar refractivity (Wildman–Crippen MR) is 140 cm³/mol. The summed E-state index contributed by atoms with van der Waals surface area (Å²) in [5.74, 6) is -0.429. The Morgan fingerprint density at radius 1 is 1.05 bits per heavy atom. The normalized spacial score (nSPS) is 14.2. The van der Waals surface area contributed by atoms with Gasteiger partial charge in [-0.2, -0.15) is 0 Å². The van der Waals surface area contributed by atoms with Crippen LogP contribution in [0, 0.1) is 0 Å². The van der Waals surface area contributed by atoms with E-state index >= 15 is 0 Å². The van der Waals surface area contributed by atoms with Crippen LogP contribution >= 0.6 is 0 Å². The molecule has 1 atom stereocenters. The zero-order valence-electron chi connectivity index (χ0n) is 21.2. The van der Waals surface area contributed by atoms with Crippen molar-refractivity contribution < 1.29 is 23.5 Å². The summed E-state index contributed by atoms with van der Waals surface area (Å²) in [5.41, 5.74) is 2.84. The maximum atomic E-state index is 13.3. The standard InChI is InChI=1S/C29H30N2O6/c1-29(2,3)37-28(34)31-24(14-17-16-30-23-11-7-6-8-19(17)23)27(33)35-18-12-13-21-20-9-4-5-10-22(20)26(32)36-25(21)15-18/h6-8,11-13,15-16,24,30H,4-5,9-10,14H2,1-3H3,(H,31,34)/t24-/m1/s1. The quantitative estimate of drug-likeness (QED) is 0.221. The van der Waals surface area contributed by atoms with Crippen molar-refractivity contribution in [3.05, 3.63) is 75.8 Å². The second-order valence-electron chi connectivity index (χ2n) is 10.4. The molecule has 0 aliphatic heterocycles. The fraction of sp³-hybridized carbons (Fsp3) is 0.345. The number of hydrogen-bond donors (Lipinski definition) is 2. The van der Waals surface area contributed by atoms with Gasteiger partial charge in [0.25, 0.3) is 0 Å². The Kier molecular flexibility index (Phi) is 6.50. The Bertz CT molecular complexity index is 1540. The number of H-pyrrole nitrogens is 1. The van der Waals surface area contributed by atoms with Crippen LogP contribution < -0.4 is 15.7 Å². The summed E-state index contributed by atoms with van der Waals surface area (Å²) in [6.45, 7) is 5.25. The van der Waals surface area contributed by atoms with Crippen molar-refractivity contribution in [3.8, 4) is 5.75 Å². The van der Waals surface area contributed by atoms with Crippen LogP contribution in [-0.2, 0) is 28.8 Å². The smallest absolute Gasteiger partial charge is 0.408 e. The molecule has 0 unspecified atom stereocenters. The van der Waals surface area contributed by atoms with E-state index in [0.29, 0.717) is 5.58 Å². The molecule has 0 spiro atoms. The lowest BCUT2D eigenvalue weighted by atomic mass is 9.91. The lowest BCUT2D eigenvalue weighted by Gasteiger charge is -2.23. The summed E-state index contributed by atoms with van der Waals surface area (Å²) in [4.78, 5) is 41.6. The third-order valence-corrected chi connectivity index (χ3v) is 6.49. The molecule has 8 heteroatoms. The van der Waals surface area contributed by atoms with Crippen LogP contribution in [0.15, 0.2) is 57.9 Å². The molecule has 37 heavy (non-hydrogen) atoms. The number of ether oxygens (including phenoxy) is 2. The van der Waals surface area contributed by atoms with Crippen LogP contribution in [0.1, 0.15) is 50.3 Å². The molecule has 2 aromatic heterocycles. The molecule has 5 rings (SSSR count). The molecule has 0 fully saturated rings. The minimum Gasteiger partial charge on any atom is -0.444 e. The molecule has 0 bridgehead atoms. The molecular formula is C29H30N2O6. The van der Waals surface area contributed by atoms with Crippen molar-refractivity contribution in [1.82, 2.24) is 10.3 Å². The number of nitrogens with one attached hydrogen (secondary N) is 2. The molecule has 1 aliphatic rings. The van der Waals surface area contributed by atoms with Gasteiger partial charge in [-0.25, -0.2) is 14.4 Å². The van der Waals surface area contributed by atoms with Gasteiger partial charge in [0.2, 0.25) is 0 Å². The highest BCUT2D eigenvalue weighted by Gasteiger charge is 2.28. The third kappa shape index (κ3) is 5.38. The number of alkyl carbamates (subject to hydrolysis) is 1. The largest absolute Gasteiger partial charge is 0.444 e. The van der Waals surface area contributed by atoms with E-state index in [9.17, 15) is 14.4 Å². The number of carbonyl (C=O) groups excluding carboxylic acids is 2. The van der Waals surface area contributed by atoms with Gasteiger partial charge in [-0.15, -0.1) is 0 Å². The fourth-order valence-electron chi connectivity index (χ4n) is 4.84. The summed E-state index contributed by atoms with van der Waals surface area (Å²) < 4.78 is 16.6. The van der Waals surface area contributed by atoms with Gasteiger partial charge in [0.15, 0.2) is 0 Å². The van der Waals surface area contributed by atoms with E-state index in [0.717, 1.165) is 58.7 Å². The number of aromatic amines is 1. The van der Waals surface area contributed by atoms with E-state index in [2.05, 4.69) is 10.3 Å². The number of benzene rings is 2. The number of amides is 1. The van der Waals surface area contributed by atoms with Gasteiger partial charge in [0.1, 0.15) is 23.0 Å². The topological polar surface area (TPSA) is 111 Å². The molecule has 8 nitrogen and oxygen atoms in total. The van der Waals surface area contributed by atoms with Crippen LogP contribution in [0.25, 0.3) is 21.9 Å². The molecule has 2 N–H and O–H groups in total.